The van der Waals surface area contributed by atoms with Crippen LogP contribution < -0.4 is 9.62 Å². The summed E-state index contributed by atoms with van der Waals surface area (Å²) < 4.78 is 26.3. The molecule has 1 aromatic heterocycles. The highest BCUT2D eigenvalue weighted by molar-refractivity contribution is 7.92. The van der Waals surface area contributed by atoms with Gasteiger partial charge in [-0.25, -0.2) is 8.42 Å². The lowest BCUT2D eigenvalue weighted by molar-refractivity contribution is 0.102. The highest BCUT2D eigenvalue weighted by atomic mass is 32.2. The molecule has 1 amide bonds. The Morgan fingerprint density at radius 1 is 0.829 bits per heavy atom. The molecule has 35 heavy (non-hydrogen) atoms. The van der Waals surface area contributed by atoms with Gasteiger partial charge in [-0.2, -0.15) is 0 Å². The molecular weight excluding hydrogens is 458 g/mol. The Morgan fingerprint density at radius 3 is 2.06 bits per heavy atom. The average molecular weight is 486 g/mol. The van der Waals surface area contributed by atoms with Gasteiger partial charge in [-0.1, -0.05) is 42.5 Å². The number of pyridine rings is 1. The molecular formula is C28H27N3O3S. The first-order valence-electron chi connectivity index (χ1n) is 11.2. The molecule has 0 unspecified atom stereocenters. The Hall–Kier alpha value is -3.97. The highest BCUT2D eigenvalue weighted by Gasteiger charge is 2.19. The summed E-state index contributed by atoms with van der Waals surface area (Å²) in [6, 6.07) is 26.1. The van der Waals surface area contributed by atoms with Gasteiger partial charge >= 0.3 is 0 Å². The van der Waals surface area contributed by atoms with Gasteiger partial charge in [-0.05, 0) is 78.1 Å². The second kappa shape index (κ2) is 10.5. The van der Waals surface area contributed by atoms with Crippen LogP contribution in [0.4, 0.5) is 11.4 Å². The van der Waals surface area contributed by atoms with Crippen molar-refractivity contribution in [2.45, 2.75) is 19.9 Å². The van der Waals surface area contributed by atoms with E-state index in [1.807, 2.05) is 61.5 Å². The summed E-state index contributed by atoms with van der Waals surface area (Å²) in [5, 5.41) is 2.91. The summed E-state index contributed by atoms with van der Waals surface area (Å²) in [5.41, 5.74) is 5.83. The third kappa shape index (κ3) is 6.33. The summed E-state index contributed by atoms with van der Waals surface area (Å²) in [6.07, 6.45) is 5.54. The van der Waals surface area contributed by atoms with Gasteiger partial charge in [-0.3, -0.25) is 14.1 Å². The molecule has 178 valence electrons. The average Bonchev–Trinajstić information content (AvgIpc) is 2.85. The number of sulfonamides is 1. The van der Waals surface area contributed by atoms with E-state index >= 15 is 0 Å². The topological polar surface area (TPSA) is 79.4 Å². The molecule has 0 spiro atoms. The first-order valence-corrected chi connectivity index (χ1v) is 13.1. The van der Waals surface area contributed by atoms with E-state index in [0.717, 1.165) is 23.1 Å². The van der Waals surface area contributed by atoms with E-state index in [0.29, 0.717) is 16.9 Å². The fourth-order valence-electron chi connectivity index (χ4n) is 3.80. The number of amides is 1. The Bertz CT molecular complexity index is 1400. The number of aryl methyl sites for hydroxylation is 1. The fraction of sp³-hybridized carbons (Fsp3) is 0.143. The van der Waals surface area contributed by atoms with Crippen LogP contribution in [0.5, 0.6) is 0 Å². The number of anilines is 2. The molecule has 0 saturated carbocycles. The smallest absolute Gasteiger partial charge is 0.255 e. The minimum Gasteiger partial charge on any atom is -0.322 e. The normalized spacial score (nSPS) is 11.1. The fourth-order valence-corrected chi connectivity index (χ4v) is 4.74. The maximum absolute atomic E-state index is 12.7. The Balaban J connectivity index is 1.42. The maximum atomic E-state index is 12.7. The lowest BCUT2D eigenvalue weighted by Crippen LogP contribution is -2.29. The molecule has 4 rings (SSSR count). The quantitative estimate of drug-likeness (QED) is 0.372. The number of hydrogen-bond acceptors (Lipinski definition) is 4. The van der Waals surface area contributed by atoms with Gasteiger partial charge in [0.05, 0.1) is 18.5 Å². The van der Waals surface area contributed by atoms with Crippen molar-refractivity contribution in [3.05, 3.63) is 125 Å². The molecule has 0 aliphatic heterocycles. The van der Waals surface area contributed by atoms with Gasteiger partial charge in [0.1, 0.15) is 0 Å². The molecule has 1 N–H and O–H groups in total. The molecule has 0 radical (unpaired) electrons. The first kappa shape index (κ1) is 24.2. The number of nitrogens with one attached hydrogen (secondary N) is 1. The van der Waals surface area contributed by atoms with Gasteiger partial charge in [-0.15, -0.1) is 0 Å². The highest BCUT2D eigenvalue weighted by Crippen LogP contribution is 2.24. The zero-order chi connectivity index (χ0) is 24.8. The van der Waals surface area contributed by atoms with Crippen LogP contribution in [0.3, 0.4) is 0 Å². The van der Waals surface area contributed by atoms with E-state index < -0.39 is 10.0 Å². The lowest BCUT2D eigenvalue weighted by atomic mass is 10.1. The zero-order valence-electron chi connectivity index (χ0n) is 19.7. The van der Waals surface area contributed by atoms with E-state index in [-0.39, 0.29) is 12.5 Å². The summed E-state index contributed by atoms with van der Waals surface area (Å²) in [5.74, 6) is -0.225. The first-order chi connectivity index (χ1) is 16.8. The summed E-state index contributed by atoms with van der Waals surface area (Å²) in [6.45, 7) is 2.07. The minimum absolute atomic E-state index is 0.185. The largest absolute Gasteiger partial charge is 0.322 e. The molecule has 4 aromatic rings. The Morgan fingerprint density at radius 2 is 1.43 bits per heavy atom. The summed E-state index contributed by atoms with van der Waals surface area (Å²) in [4.78, 5) is 16.8. The molecule has 0 fully saturated rings. The van der Waals surface area contributed by atoms with Gasteiger partial charge in [0, 0.05) is 23.6 Å². The number of carbonyl (C=O) groups is 1. The second-order valence-corrected chi connectivity index (χ2v) is 10.3. The third-order valence-electron chi connectivity index (χ3n) is 5.70. The number of nitrogens with zero attached hydrogens (tertiary/aromatic N) is 2. The van der Waals surface area contributed by atoms with Crippen LogP contribution in [0.1, 0.15) is 32.6 Å². The van der Waals surface area contributed by atoms with Crippen LogP contribution in [0.2, 0.25) is 0 Å². The number of rotatable bonds is 8. The zero-order valence-corrected chi connectivity index (χ0v) is 20.5. The number of carbonyl (C=O) groups excluding carboxylic acids is 1. The maximum Gasteiger partial charge on any atom is 0.255 e. The van der Waals surface area contributed by atoms with Gasteiger partial charge in [0.25, 0.3) is 5.91 Å². The SMILES string of the molecule is Cc1ccccc1N(Cc1ccc(C(=O)Nc2ccc(Cc3ccncc3)cc2)cc1)S(C)(=O)=O. The van der Waals surface area contributed by atoms with Crippen molar-refractivity contribution in [1.82, 2.24) is 4.98 Å². The van der Waals surface area contributed by atoms with Crippen LogP contribution in [0, 0.1) is 6.92 Å². The molecule has 1 heterocycles. The predicted molar refractivity (Wildman–Crippen MR) is 140 cm³/mol. The number of para-hydroxylation sites is 1. The minimum atomic E-state index is -3.48. The second-order valence-electron chi connectivity index (χ2n) is 8.44. The molecule has 3 aromatic carbocycles. The summed E-state index contributed by atoms with van der Waals surface area (Å²) >= 11 is 0. The van der Waals surface area contributed by atoms with Crippen molar-refractivity contribution >= 4 is 27.3 Å². The van der Waals surface area contributed by atoms with E-state index in [4.69, 9.17) is 0 Å². The van der Waals surface area contributed by atoms with E-state index in [1.165, 1.54) is 16.1 Å². The van der Waals surface area contributed by atoms with Crippen LogP contribution in [-0.2, 0) is 23.0 Å². The van der Waals surface area contributed by atoms with Gasteiger partial charge in [0.15, 0.2) is 0 Å². The van der Waals surface area contributed by atoms with Crippen LogP contribution in [0.15, 0.2) is 97.3 Å². The van der Waals surface area contributed by atoms with Crippen molar-refractivity contribution in [1.29, 1.82) is 0 Å². The molecule has 0 atom stereocenters. The van der Waals surface area contributed by atoms with Crippen molar-refractivity contribution < 1.29 is 13.2 Å². The van der Waals surface area contributed by atoms with E-state index in [1.54, 1.807) is 42.7 Å². The van der Waals surface area contributed by atoms with Crippen molar-refractivity contribution in [3.8, 4) is 0 Å². The van der Waals surface area contributed by atoms with Crippen molar-refractivity contribution in [2.24, 2.45) is 0 Å². The molecule has 6 nitrogen and oxygen atoms in total. The Kier molecular flexibility index (Phi) is 7.27. The van der Waals surface area contributed by atoms with Crippen LogP contribution in [0.25, 0.3) is 0 Å². The summed E-state index contributed by atoms with van der Waals surface area (Å²) in [7, 11) is -3.48. The number of benzene rings is 3. The molecule has 0 aliphatic rings. The van der Waals surface area contributed by atoms with Gasteiger partial charge < -0.3 is 5.32 Å². The van der Waals surface area contributed by atoms with E-state index in [2.05, 4.69) is 10.3 Å². The standard InChI is InChI=1S/C28H27N3O3S/c1-21-5-3-4-6-27(21)31(35(2,33)34)20-24-7-11-25(12-8-24)28(32)30-26-13-9-22(10-14-26)19-23-15-17-29-18-16-23/h3-18H,19-20H2,1-2H3,(H,30,32). The van der Waals surface area contributed by atoms with Crippen LogP contribution in [-0.4, -0.2) is 25.6 Å². The van der Waals surface area contributed by atoms with E-state index in [9.17, 15) is 13.2 Å². The monoisotopic (exact) mass is 485 g/mol. The molecule has 0 saturated heterocycles. The van der Waals surface area contributed by atoms with Crippen molar-refractivity contribution in [2.75, 3.05) is 15.9 Å². The van der Waals surface area contributed by atoms with Crippen molar-refractivity contribution in [3.63, 3.8) is 0 Å². The van der Waals surface area contributed by atoms with Crippen LogP contribution >= 0.6 is 0 Å². The molecule has 7 heteroatoms. The predicted octanol–water partition coefficient (Wildman–Crippen LogP) is 5.20. The Labute approximate surface area is 206 Å². The molecule has 0 aliphatic carbocycles. The third-order valence-corrected chi connectivity index (χ3v) is 6.82. The number of hydrogen-bond donors (Lipinski definition) is 1. The van der Waals surface area contributed by atoms with Gasteiger partial charge in [0.2, 0.25) is 10.0 Å². The lowest BCUT2D eigenvalue weighted by Gasteiger charge is -2.24. The molecule has 0 bridgehead atoms. The number of aromatic nitrogens is 1.